The van der Waals surface area contributed by atoms with Crippen LogP contribution in [0.15, 0.2) is 206 Å². The summed E-state index contributed by atoms with van der Waals surface area (Å²) in [7, 11) is -11.4. The molecule has 1 N–H and O–H groups in total. The molecule has 0 bridgehead atoms. The van der Waals surface area contributed by atoms with Crippen LogP contribution in [0.4, 0.5) is 0 Å². The lowest BCUT2D eigenvalue weighted by Crippen LogP contribution is -2.07. The zero-order valence-corrected chi connectivity index (χ0v) is 38.3. The Morgan fingerprint density at radius 2 is 0.727 bits per heavy atom. The van der Waals surface area contributed by atoms with Gasteiger partial charge in [-0.2, -0.15) is 8.42 Å². The minimum atomic E-state index is -4.92. The molecule has 334 valence electrons. The highest BCUT2D eigenvalue weighted by atomic mass is 32.2. The topological polar surface area (TPSA) is 169 Å². The van der Waals surface area contributed by atoms with E-state index in [0.29, 0.717) is 28.6 Å². The standard InChI is InChI=1S/C50H38O12S4/c1-33-3-24-46(31-49(33)62-63)65(53,54)47-29-30-48(50(32-47)66(55,56)57)61-43-18-10-37(11-19-43)36-8-16-40(17-9-36)60-42-22-27-45(28-23-42)64(51,52)44-25-20-41(21-26-44)59-39-14-6-35(7-15-39)34-4-12-38(58-2)13-5-34/h3-32,63H,1-2H3,(H,55,56,57). The Kier molecular flexibility index (Phi) is 13.0. The monoisotopic (exact) mass is 958 g/mol. The molecule has 0 saturated carbocycles. The van der Waals surface area contributed by atoms with Gasteiger partial charge in [-0.25, -0.2) is 16.8 Å². The van der Waals surface area contributed by atoms with Gasteiger partial charge in [0.25, 0.3) is 10.1 Å². The third kappa shape index (κ3) is 10.1. The maximum absolute atomic E-state index is 13.5. The predicted octanol–water partition coefficient (Wildman–Crippen LogP) is 11.9. The summed E-state index contributed by atoms with van der Waals surface area (Å²) >= 11 is 3.76. The first-order valence-corrected chi connectivity index (χ1v) is 24.6. The van der Waals surface area contributed by atoms with Gasteiger partial charge in [-0.15, -0.1) is 0 Å². The van der Waals surface area contributed by atoms with Crippen molar-refractivity contribution in [2.75, 3.05) is 7.11 Å². The van der Waals surface area contributed by atoms with E-state index < -0.39 is 39.6 Å². The van der Waals surface area contributed by atoms with Crippen LogP contribution >= 0.6 is 12.9 Å². The third-order valence-corrected chi connectivity index (χ3v) is 15.0. The average Bonchev–Trinajstić information content (AvgIpc) is 3.32. The SMILES string of the molecule is COc1ccc(-c2ccc(Oc3ccc(S(=O)(=O)c4ccc(Oc5ccc(-c6ccc(Oc7ccc(S(=O)(=O)c8ccc(C)c(OS)c8)cc7S(=O)(=O)O)cc6)cc5)cc4)cc3)cc2)cc1. The molecule has 0 aliphatic rings. The summed E-state index contributed by atoms with van der Waals surface area (Å²) in [6.07, 6.45) is 0. The highest BCUT2D eigenvalue weighted by molar-refractivity contribution is 7.92. The highest BCUT2D eigenvalue weighted by Gasteiger charge is 2.26. The van der Waals surface area contributed by atoms with Crippen LogP contribution in [0, 0.1) is 6.92 Å². The first kappa shape index (κ1) is 45.5. The number of hydrogen-bond acceptors (Lipinski definition) is 12. The lowest BCUT2D eigenvalue weighted by Gasteiger charge is -2.13. The fourth-order valence-electron chi connectivity index (χ4n) is 6.76. The van der Waals surface area contributed by atoms with E-state index in [1.54, 1.807) is 74.7 Å². The molecule has 0 radical (unpaired) electrons. The van der Waals surface area contributed by atoms with Crippen LogP contribution in [-0.4, -0.2) is 36.9 Å². The summed E-state index contributed by atoms with van der Waals surface area (Å²) in [5.74, 6) is 2.93. The fourth-order valence-corrected chi connectivity index (χ4v) is 10.2. The second-order valence-electron chi connectivity index (χ2n) is 14.7. The molecule has 0 unspecified atom stereocenters. The molecule has 0 aromatic heterocycles. The Morgan fingerprint density at radius 1 is 0.394 bits per heavy atom. The third-order valence-electron chi connectivity index (χ3n) is 10.4. The zero-order valence-electron chi connectivity index (χ0n) is 34.9. The molecule has 8 rings (SSSR count). The van der Waals surface area contributed by atoms with E-state index in [2.05, 4.69) is 12.9 Å². The van der Waals surface area contributed by atoms with E-state index in [0.717, 1.165) is 40.1 Å². The molecule has 0 atom stereocenters. The summed E-state index contributed by atoms with van der Waals surface area (Å²) in [5.41, 5.74) is 4.27. The van der Waals surface area contributed by atoms with E-state index in [1.807, 2.05) is 60.7 Å². The average molecular weight is 959 g/mol. The van der Waals surface area contributed by atoms with Crippen molar-refractivity contribution in [3.63, 3.8) is 0 Å². The molecule has 16 heteroatoms. The van der Waals surface area contributed by atoms with Gasteiger partial charge in [0, 0.05) is 19.0 Å². The van der Waals surface area contributed by atoms with Gasteiger partial charge in [0.1, 0.15) is 50.9 Å². The Bertz CT molecular complexity index is 3360. The molecule has 0 spiro atoms. The summed E-state index contributed by atoms with van der Waals surface area (Å²) < 4.78 is 117. The van der Waals surface area contributed by atoms with Crippen molar-refractivity contribution in [3.05, 3.63) is 188 Å². The number of ether oxygens (including phenoxy) is 4. The molecule has 0 aliphatic carbocycles. The van der Waals surface area contributed by atoms with Gasteiger partial charge < -0.3 is 23.1 Å². The second-order valence-corrected chi connectivity index (χ2v) is 20.1. The molecule has 0 heterocycles. The van der Waals surface area contributed by atoms with Crippen LogP contribution in [0.5, 0.6) is 46.0 Å². The van der Waals surface area contributed by atoms with Gasteiger partial charge in [0.2, 0.25) is 19.7 Å². The van der Waals surface area contributed by atoms with E-state index in [1.165, 1.54) is 48.5 Å². The molecule has 8 aromatic carbocycles. The predicted molar refractivity (Wildman–Crippen MR) is 251 cm³/mol. The van der Waals surface area contributed by atoms with Gasteiger partial charge in [0.05, 0.1) is 26.7 Å². The summed E-state index contributed by atoms with van der Waals surface area (Å²) in [4.78, 5) is -1.09. The lowest BCUT2D eigenvalue weighted by atomic mass is 10.1. The molecule has 0 fully saturated rings. The van der Waals surface area contributed by atoms with Crippen LogP contribution in [0.3, 0.4) is 0 Å². The van der Waals surface area contributed by atoms with Gasteiger partial charge in [-0.3, -0.25) is 4.55 Å². The second kappa shape index (κ2) is 18.8. The first-order chi connectivity index (χ1) is 31.6. The first-order valence-electron chi connectivity index (χ1n) is 19.8. The van der Waals surface area contributed by atoms with E-state index >= 15 is 0 Å². The van der Waals surface area contributed by atoms with E-state index in [-0.39, 0.29) is 31.9 Å². The number of hydrogen-bond donors (Lipinski definition) is 2. The summed E-state index contributed by atoms with van der Waals surface area (Å²) in [5, 5.41) is 0. The number of methoxy groups -OCH3 is 1. The van der Waals surface area contributed by atoms with Crippen LogP contribution in [-0.2, 0) is 29.8 Å². The molecular formula is C50H38O12S4. The number of benzene rings is 8. The van der Waals surface area contributed by atoms with Crippen molar-refractivity contribution >= 4 is 42.7 Å². The minimum Gasteiger partial charge on any atom is -0.497 e. The maximum Gasteiger partial charge on any atom is 0.298 e. The fraction of sp³-hybridized carbons (Fsp3) is 0.0400. The van der Waals surface area contributed by atoms with Crippen LogP contribution < -0.4 is 23.1 Å². The molecule has 8 aromatic rings. The summed E-state index contributed by atoms with van der Waals surface area (Å²) in [6.45, 7) is 1.70. The quantitative estimate of drug-likeness (QED) is 0.0567. The van der Waals surface area contributed by atoms with E-state index in [4.69, 9.17) is 23.1 Å². The highest BCUT2D eigenvalue weighted by Crippen LogP contribution is 2.36. The number of rotatable bonds is 15. The number of aryl methyl sites for hydroxylation is 1. The van der Waals surface area contributed by atoms with Crippen LogP contribution in [0.1, 0.15) is 5.56 Å². The smallest absolute Gasteiger partial charge is 0.298 e. The number of sulfone groups is 2. The normalized spacial score (nSPS) is 11.7. The van der Waals surface area contributed by atoms with Crippen LogP contribution in [0.25, 0.3) is 22.3 Å². The van der Waals surface area contributed by atoms with Gasteiger partial charge in [-0.1, -0.05) is 54.6 Å². The minimum absolute atomic E-state index is 0.0942. The van der Waals surface area contributed by atoms with Crippen molar-refractivity contribution < 1.29 is 52.9 Å². The maximum atomic E-state index is 13.5. The molecule has 66 heavy (non-hydrogen) atoms. The molecule has 0 amide bonds. The molecule has 0 aliphatic heterocycles. The largest absolute Gasteiger partial charge is 0.497 e. The molecule has 12 nitrogen and oxygen atoms in total. The van der Waals surface area contributed by atoms with Gasteiger partial charge in [-0.05, 0) is 156 Å². The summed E-state index contributed by atoms with van der Waals surface area (Å²) in [6, 6.07) is 48.7. The van der Waals surface area contributed by atoms with Gasteiger partial charge >= 0.3 is 0 Å². The van der Waals surface area contributed by atoms with Crippen molar-refractivity contribution in [1.82, 2.24) is 0 Å². The molecular weight excluding hydrogens is 921 g/mol. The van der Waals surface area contributed by atoms with Crippen molar-refractivity contribution in [3.8, 4) is 68.2 Å². The number of thiol groups is 1. The van der Waals surface area contributed by atoms with Crippen LogP contribution in [0.2, 0.25) is 0 Å². The molecule has 0 saturated heterocycles. The van der Waals surface area contributed by atoms with Crippen molar-refractivity contribution in [2.45, 2.75) is 31.4 Å². The Hall–Kier alpha value is -7.08. The van der Waals surface area contributed by atoms with E-state index in [9.17, 15) is 29.8 Å². The Morgan fingerprint density at radius 3 is 1.12 bits per heavy atom. The van der Waals surface area contributed by atoms with Crippen molar-refractivity contribution in [1.29, 1.82) is 0 Å². The zero-order chi connectivity index (χ0) is 46.6. The lowest BCUT2D eigenvalue weighted by molar-refractivity contribution is 0.415. The van der Waals surface area contributed by atoms with Gasteiger partial charge in [0.15, 0.2) is 0 Å². The van der Waals surface area contributed by atoms with Crippen molar-refractivity contribution in [2.24, 2.45) is 0 Å². The Balaban J connectivity index is 0.881. The Labute approximate surface area is 387 Å².